The van der Waals surface area contributed by atoms with Crippen LogP contribution in [0.2, 0.25) is 0 Å². The molecule has 3 aromatic rings. The SMILES string of the molecule is COc1cc(CNc2nc(C)nc(Nc3ccc(C)cc3C)n2)cc(OC)c1OC. The highest BCUT2D eigenvalue weighted by molar-refractivity contribution is 5.59. The van der Waals surface area contributed by atoms with Crippen molar-refractivity contribution in [2.75, 3.05) is 32.0 Å². The fraction of sp³-hybridized carbons (Fsp3) is 0.318. The van der Waals surface area contributed by atoms with E-state index >= 15 is 0 Å². The van der Waals surface area contributed by atoms with Gasteiger partial charge in [0.15, 0.2) is 11.5 Å². The van der Waals surface area contributed by atoms with Gasteiger partial charge in [0.1, 0.15) is 5.82 Å². The summed E-state index contributed by atoms with van der Waals surface area (Å²) in [5.41, 5.74) is 4.23. The van der Waals surface area contributed by atoms with Crippen molar-refractivity contribution in [3.05, 3.63) is 52.8 Å². The topological polar surface area (TPSA) is 90.4 Å². The third-order valence-electron chi connectivity index (χ3n) is 4.55. The minimum absolute atomic E-state index is 0.475. The van der Waals surface area contributed by atoms with Gasteiger partial charge in [-0.05, 0) is 50.1 Å². The fourth-order valence-electron chi connectivity index (χ4n) is 3.11. The van der Waals surface area contributed by atoms with Crippen molar-refractivity contribution in [3.63, 3.8) is 0 Å². The molecule has 0 unspecified atom stereocenters. The summed E-state index contributed by atoms with van der Waals surface area (Å²) in [5, 5.41) is 6.51. The van der Waals surface area contributed by atoms with Crippen LogP contribution in [-0.2, 0) is 6.54 Å². The molecule has 0 spiro atoms. The van der Waals surface area contributed by atoms with E-state index < -0.39 is 0 Å². The first-order chi connectivity index (χ1) is 14.4. The highest BCUT2D eigenvalue weighted by atomic mass is 16.5. The molecule has 1 aromatic heterocycles. The summed E-state index contributed by atoms with van der Waals surface area (Å²) in [6.45, 7) is 6.42. The number of nitrogens with one attached hydrogen (secondary N) is 2. The van der Waals surface area contributed by atoms with E-state index in [1.165, 1.54) is 5.56 Å². The monoisotopic (exact) mass is 409 g/mol. The Morgan fingerprint density at radius 3 is 2.07 bits per heavy atom. The van der Waals surface area contributed by atoms with Gasteiger partial charge in [0, 0.05) is 12.2 Å². The van der Waals surface area contributed by atoms with Crippen LogP contribution < -0.4 is 24.8 Å². The van der Waals surface area contributed by atoms with Crippen molar-refractivity contribution in [2.24, 2.45) is 0 Å². The van der Waals surface area contributed by atoms with E-state index in [-0.39, 0.29) is 0 Å². The van der Waals surface area contributed by atoms with Crippen LogP contribution in [0.4, 0.5) is 17.6 Å². The summed E-state index contributed by atoms with van der Waals surface area (Å²) in [4.78, 5) is 13.3. The Labute approximate surface area is 176 Å². The van der Waals surface area contributed by atoms with Crippen molar-refractivity contribution in [1.29, 1.82) is 0 Å². The van der Waals surface area contributed by atoms with Gasteiger partial charge in [-0.25, -0.2) is 0 Å². The van der Waals surface area contributed by atoms with Gasteiger partial charge in [0.25, 0.3) is 0 Å². The van der Waals surface area contributed by atoms with Crippen LogP contribution >= 0.6 is 0 Å². The number of methoxy groups -OCH3 is 3. The minimum Gasteiger partial charge on any atom is -0.493 e. The first-order valence-electron chi connectivity index (χ1n) is 9.53. The Bertz CT molecular complexity index is 1010. The zero-order chi connectivity index (χ0) is 21.7. The first kappa shape index (κ1) is 21.2. The molecule has 0 bridgehead atoms. The molecule has 0 fully saturated rings. The smallest absolute Gasteiger partial charge is 0.232 e. The van der Waals surface area contributed by atoms with E-state index in [4.69, 9.17) is 14.2 Å². The molecule has 0 aliphatic heterocycles. The summed E-state index contributed by atoms with van der Waals surface area (Å²) < 4.78 is 16.2. The molecule has 8 nitrogen and oxygen atoms in total. The van der Waals surface area contributed by atoms with Crippen molar-refractivity contribution < 1.29 is 14.2 Å². The zero-order valence-electron chi connectivity index (χ0n) is 18.2. The standard InChI is InChI=1S/C22H27N5O3/c1-13-7-8-17(14(2)9-13)26-22-25-15(3)24-21(27-22)23-12-16-10-18(28-4)20(30-6)19(11-16)29-5/h7-11H,12H2,1-6H3,(H2,23,24,25,26,27). The summed E-state index contributed by atoms with van der Waals surface area (Å²) in [5.74, 6) is 3.32. The molecule has 8 heteroatoms. The number of hydrogen-bond acceptors (Lipinski definition) is 8. The zero-order valence-corrected chi connectivity index (χ0v) is 18.2. The lowest BCUT2D eigenvalue weighted by Gasteiger charge is -2.15. The second-order valence-corrected chi connectivity index (χ2v) is 6.86. The van der Waals surface area contributed by atoms with Gasteiger partial charge < -0.3 is 24.8 Å². The van der Waals surface area contributed by atoms with E-state index in [1.54, 1.807) is 21.3 Å². The molecule has 0 saturated heterocycles. The number of rotatable bonds is 8. The van der Waals surface area contributed by atoms with E-state index in [0.29, 0.717) is 41.5 Å². The molecule has 0 atom stereocenters. The normalized spacial score (nSPS) is 10.5. The van der Waals surface area contributed by atoms with Gasteiger partial charge in [-0.3, -0.25) is 0 Å². The molecule has 0 radical (unpaired) electrons. The fourth-order valence-corrected chi connectivity index (χ4v) is 3.11. The van der Waals surface area contributed by atoms with Crippen molar-refractivity contribution in [2.45, 2.75) is 27.3 Å². The van der Waals surface area contributed by atoms with E-state index in [0.717, 1.165) is 16.8 Å². The van der Waals surface area contributed by atoms with E-state index in [1.807, 2.05) is 38.1 Å². The first-order valence-corrected chi connectivity index (χ1v) is 9.53. The third kappa shape index (κ3) is 4.89. The quantitative estimate of drug-likeness (QED) is 0.573. The number of aromatic nitrogens is 3. The highest BCUT2D eigenvalue weighted by Gasteiger charge is 2.13. The van der Waals surface area contributed by atoms with Gasteiger partial charge >= 0.3 is 0 Å². The molecule has 30 heavy (non-hydrogen) atoms. The summed E-state index contributed by atoms with van der Waals surface area (Å²) in [6, 6.07) is 9.95. The van der Waals surface area contributed by atoms with E-state index in [2.05, 4.69) is 38.6 Å². The maximum atomic E-state index is 5.41. The molecule has 0 aliphatic carbocycles. The number of hydrogen-bond donors (Lipinski definition) is 2. The van der Waals surface area contributed by atoms with Crippen LogP contribution in [0.1, 0.15) is 22.5 Å². The average molecular weight is 409 g/mol. The maximum Gasteiger partial charge on any atom is 0.232 e. The number of ether oxygens (including phenoxy) is 3. The molecule has 0 saturated carbocycles. The van der Waals surface area contributed by atoms with Crippen LogP contribution in [-0.4, -0.2) is 36.3 Å². The summed E-state index contributed by atoms with van der Waals surface area (Å²) in [7, 11) is 4.76. The lowest BCUT2D eigenvalue weighted by molar-refractivity contribution is 0.324. The van der Waals surface area contributed by atoms with Crippen molar-refractivity contribution in [3.8, 4) is 17.2 Å². The number of anilines is 3. The van der Waals surface area contributed by atoms with Crippen LogP contribution in [0.25, 0.3) is 0 Å². The number of benzene rings is 2. The minimum atomic E-state index is 0.475. The van der Waals surface area contributed by atoms with Crippen molar-refractivity contribution in [1.82, 2.24) is 15.0 Å². The summed E-state index contributed by atoms with van der Waals surface area (Å²) >= 11 is 0. The largest absolute Gasteiger partial charge is 0.493 e. The molecule has 0 aliphatic rings. The van der Waals surface area contributed by atoms with Gasteiger partial charge in [-0.15, -0.1) is 0 Å². The maximum absolute atomic E-state index is 5.41. The third-order valence-corrected chi connectivity index (χ3v) is 4.55. The molecule has 2 aromatic carbocycles. The van der Waals surface area contributed by atoms with Gasteiger partial charge in [-0.1, -0.05) is 17.7 Å². The molecule has 3 rings (SSSR count). The molecular formula is C22H27N5O3. The molecular weight excluding hydrogens is 382 g/mol. The van der Waals surface area contributed by atoms with Crippen LogP contribution in [0, 0.1) is 20.8 Å². The Morgan fingerprint density at radius 1 is 0.800 bits per heavy atom. The lowest BCUT2D eigenvalue weighted by Crippen LogP contribution is -2.09. The van der Waals surface area contributed by atoms with Crippen LogP contribution in [0.15, 0.2) is 30.3 Å². The second-order valence-electron chi connectivity index (χ2n) is 6.86. The van der Waals surface area contributed by atoms with Gasteiger partial charge in [0.05, 0.1) is 21.3 Å². The predicted octanol–water partition coefficient (Wildman–Crippen LogP) is 4.18. The molecule has 1 heterocycles. The Balaban J connectivity index is 1.79. The van der Waals surface area contributed by atoms with Gasteiger partial charge in [-0.2, -0.15) is 15.0 Å². The molecule has 2 N–H and O–H groups in total. The highest BCUT2D eigenvalue weighted by Crippen LogP contribution is 2.38. The average Bonchev–Trinajstić information content (AvgIpc) is 2.73. The van der Waals surface area contributed by atoms with Crippen molar-refractivity contribution >= 4 is 17.6 Å². The number of nitrogens with zero attached hydrogens (tertiary/aromatic N) is 3. The summed E-state index contributed by atoms with van der Waals surface area (Å²) in [6.07, 6.45) is 0. The Kier molecular flexibility index (Phi) is 6.56. The Morgan fingerprint density at radius 2 is 1.47 bits per heavy atom. The number of aryl methyl sites for hydroxylation is 3. The van der Waals surface area contributed by atoms with Crippen LogP contribution in [0.5, 0.6) is 17.2 Å². The molecule has 0 amide bonds. The van der Waals surface area contributed by atoms with E-state index in [9.17, 15) is 0 Å². The molecule has 158 valence electrons. The second kappa shape index (κ2) is 9.30. The van der Waals surface area contributed by atoms with Gasteiger partial charge in [0.2, 0.25) is 17.6 Å². The Hall–Kier alpha value is -3.55. The van der Waals surface area contributed by atoms with Crippen LogP contribution in [0.3, 0.4) is 0 Å². The predicted molar refractivity (Wildman–Crippen MR) is 117 cm³/mol. The lowest BCUT2D eigenvalue weighted by atomic mass is 10.1.